The molecular formula is C18H27N5O2. The number of aromatic nitrogens is 4. The van der Waals surface area contributed by atoms with Crippen LogP contribution in [0.3, 0.4) is 0 Å². The highest BCUT2D eigenvalue weighted by Gasteiger charge is 2.33. The summed E-state index contributed by atoms with van der Waals surface area (Å²) in [5.74, 6) is 0.237. The predicted molar refractivity (Wildman–Crippen MR) is 94.3 cm³/mol. The van der Waals surface area contributed by atoms with E-state index in [4.69, 9.17) is 0 Å². The molecule has 7 heteroatoms. The third-order valence-corrected chi connectivity index (χ3v) is 4.52. The molecule has 2 aromatic rings. The SMILES string of the molecule is Cn1cc(C(C)(O)CNC(=O)c2cc(C3CC3)n(C(C)(C)C)n2)cn1. The first-order valence-electron chi connectivity index (χ1n) is 8.68. The van der Waals surface area contributed by atoms with Gasteiger partial charge in [0.1, 0.15) is 11.3 Å². The van der Waals surface area contributed by atoms with Crippen molar-refractivity contribution >= 4 is 5.91 Å². The smallest absolute Gasteiger partial charge is 0.271 e. The molecular weight excluding hydrogens is 318 g/mol. The Morgan fingerprint density at radius 2 is 2.04 bits per heavy atom. The molecule has 3 rings (SSSR count). The van der Waals surface area contributed by atoms with Crippen molar-refractivity contribution in [3.63, 3.8) is 0 Å². The van der Waals surface area contributed by atoms with Crippen LogP contribution in [-0.2, 0) is 18.2 Å². The second kappa shape index (κ2) is 5.98. The van der Waals surface area contributed by atoms with E-state index in [1.807, 2.05) is 10.7 Å². The maximum atomic E-state index is 12.5. The number of aliphatic hydroxyl groups is 1. The van der Waals surface area contributed by atoms with E-state index >= 15 is 0 Å². The summed E-state index contributed by atoms with van der Waals surface area (Å²) in [6, 6.07) is 1.89. The normalized spacial score (nSPS) is 17.4. The van der Waals surface area contributed by atoms with Gasteiger partial charge in [-0.3, -0.25) is 14.2 Å². The molecule has 2 heterocycles. The molecule has 1 aliphatic carbocycles. The molecule has 0 spiro atoms. The van der Waals surface area contributed by atoms with Gasteiger partial charge in [0.25, 0.3) is 5.91 Å². The Morgan fingerprint density at radius 3 is 2.56 bits per heavy atom. The summed E-state index contributed by atoms with van der Waals surface area (Å²) in [7, 11) is 1.79. The number of hydrogen-bond donors (Lipinski definition) is 2. The molecule has 25 heavy (non-hydrogen) atoms. The molecule has 136 valence electrons. The van der Waals surface area contributed by atoms with Crippen molar-refractivity contribution in [2.45, 2.75) is 57.6 Å². The van der Waals surface area contributed by atoms with Crippen LogP contribution in [0.25, 0.3) is 0 Å². The van der Waals surface area contributed by atoms with Crippen LogP contribution in [0.4, 0.5) is 0 Å². The lowest BCUT2D eigenvalue weighted by atomic mass is 10.00. The van der Waals surface area contributed by atoms with E-state index in [2.05, 4.69) is 36.3 Å². The van der Waals surface area contributed by atoms with Crippen molar-refractivity contribution in [2.24, 2.45) is 7.05 Å². The summed E-state index contributed by atoms with van der Waals surface area (Å²) in [4.78, 5) is 12.5. The topological polar surface area (TPSA) is 85.0 Å². The summed E-state index contributed by atoms with van der Waals surface area (Å²) in [6.45, 7) is 8.01. The minimum atomic E-state index is -1.18. The van der Waals surface area contributed by atoms with Gasteiger partial charge in [0, 0.05) is 30.4 Å². The van der Waals surface area contributed by atoms with Crippen LogP contribution in [0.1, 0.15) is 68.2 Å². The van der Waals surface area contributed by atoms with Gasteiger partial charge < -0.3 is 10.4 Å². The zero-order chi connectivity index (χ0) is 18.4. The zero-order valence-electron chi connectivity index (χ0n) is 15.6. The summed E-state index contributed by atoms with van der Waals surface area (Å²) < 4.78 is 3.58. The second-order valence-corrected chi connectivity index (χ2v) is 8.17. The van der Waals surface area contributed by atoms with E-state index in [9.17, 15) is 9.90 Å². The van der Waals surface area contributed by atoms with Crippen LogP contribution in [0.2, 0.25) is 0 Å². The Morgan fingerprint density at radius 1 is 1.36 bits per heavy atom. The molecule has 7 nitrogen and oxygen atoms in total. The Balaban J connectivity index is 1.73. The lowest BCUT2D eigenvalue weighted by Crippen LogP contribution is -2.38. The molecule has 1 aliphatic rings. The van der Waals surface area contributed by atoms with Gasteiger partial charge in [0.2, 0.25) is 0 Å². The standard InChI is InChI=1S/C18H27N5O2/c1-17(2,3)23-15(12-6-7-12)8-14(21-23)16(24)19-11-18(4,25)13-9-20-22(5)10-13/h8-10,12,25H,6-7,11H2,1-5H3,(H,19,24). The highest BCUT2D eigenvalue weighted by atomic mass is 16.3. The van der Waals surface area contributed by atoms with Crippen LogP contribution < -0.4 is 5.32 Å². The van der Waals surface area contributed by atoms with Gasteiger partial charge in [-0.1, -0.05) is 0 Å². The van der Waals surface area contributed by atoms with Crippen molar-refractivity contribution in [3.8, 4) is 0 Å². The Kier molecular flexibility index (Phi) is 4.23. The number of carbonyl (C=O) groups is 1. The first kappa shape index (κ1) is 17.7. The molecule has 1 unspecified atom stereocenters. The van der Waals surface area contributed by atoms with Crippen molar-refractivity contribution in [2.75, 3.05) is 6.54 Å². The quantitative estimate of drug-likeness (QED) is 0.866. The lowest BCUT2D eigenvalue weighted by Gasteiger charge is -2.22. The minimum Gasteiger partial charge on any atom is -0.383 e. The van der Waals surface area contributed by atoms with E-state index in [1.165, 1.54) is 0 Å². The van der Waals surface area contributed by atoms with Gasteiger partial charge >= 0.3 is 0 Å². The molecule has 2 aromatic heterocycles. The molecule has 0 saturated heterocycles. The minimum absolute atomic E-state index is 0.0959. The van der Waals surface area contributed by atoms with E-state index in [0.29, 0.717) is 17.2 Å². The average molecular weight is 345 g/mol. The molecule has 1 amide bonds. The van der Waals surface area contributed by atoms with Crippen molar-refractivity contribution in [3.05, 3.63) is 35.4 Å². The fraction of sp³-hybridized carbons (Fsp3) is 0.611. The maximum Gasteiger partial charge on any atom is 0.271 e. The van der Waals surface area contributed by atoms with Crippen LogP contribution >= 0.6 is 0 Å². The third kappa shape index (κ3) is 3.76. The van der Waals surface area contributed by atoms with Crippen molar-refractivity contribution in [1.82, 2.24) is 24.9 Å². The number of amides is 1. The van der Waals surface area contributed by atoms with E-state index in [1.54, 1.807) is 31.0 Å². The van der Waals surface area contributed by atoms with Gasteiger partial charge in [0.15, 0.2) is 0 Å². The molecule has 0 bridgehead atoms. The summed E-state index contributed by atoms with van der Waals surface area (Å²) in [5.41, 5.74) is 0.831. The van der Waals surface area contributed by atoms with E-state index in [-0.39, 0.29) is 18.0 Å². The van der Waals surface area contributed by atoms with Gasteiger partial charge in [0.05, 0.1) is 18.3 Å². The Labute approximate surface area is 148 Å². The summed E-state index contributed by atoms with van der Waals surface area (Å²) >= 11 is 0. The monoisotopic (exact) mass is 345 g/mol. The molecule has 2 N–H and O–H groups in total. The first-order chi connectivity index (χ1) is 11.6. The fourth-order valence-corrected chi connectivity index (χ4v) is 2.86. The zero-order valence-corrected chi connectivity index (χ0v) is 15.6. The molecule has 0 aliphatic heterocycles. The predicted octanol–water partition coefficient (Wildman–Crippen LogP) is 1.89. The number of nitrogens with zero attached hydrogens (tertiary/aromatic N) is 4. The first-order valence-corrected chi connectivity index (χ1v) is 8.68. The highest BCUT2D eigenvalue weighted by molar-refractivity contribution is 5.92. The van der Waals surface area contributed by atoms with E-state index < -0.39 is 5.60 Å². The molecule has 0 radical (unpaired) electrons. The molecule has 1 saturated carbocycles. The third-order valence-electron chi connectivity index (χ3n) is 4.52. The highest BCUT2D eigenvalue weighted by Crippen LogP contribution is 2.41. The number of carbonyl (C=O) groups excluding carboxylic acids is 1. The van der Waals surface area contributed by atoms with Crippen LogP contribution in [0.15, 0.2) is 18.5 Å². The average Bonchev–Trinajstić information content (AvgIpc) is 3.08. The molecule has 0 aromatic carbocycles. The van der Waals surface area contributed by atoms with Gasteiger partial charge in [-0.2, -0.15) is 10.2 Å². The van der Waals surface area contributed by atoms with Gasteiger partial charge in [-0.15, -0.1) is 0 Å². The summed E-state index contributed by atoms with van der Waals surface area (Å²) in [6.07, 6.45) is 5.65. The maximum absolute atomic E-state index is 12.5. The van der Waals surface area contributed by atoms with Crippen LogP contribution in [-0.4, -0.2) is 37.1 Å². The van der Waals surface area contributed by atoms with Crippen molar-refractivity contribution < 1.29 is 9.90 Å². The Bertz CT molecular complexity index is 778. The van der Waals surface area contributed by atoms with Crippen LogP contribution in [0, 0.1) is 0 Å². The van der Waals surface area contributed by atoms with E-state index in [0.717, 1.165) is 18.5 Å². The molecule has 1 fully saturated rings. The second-order valence-electron chi connectivity index (χ2n) is 8.17. The van der Waals surface area contributed by atoms with Crippen LogP contribution in [0.5, 0.6) is 0 Å². The number of rotatable bonds is 5. The fourth-order valence-electron chi connectivity index (χ4n) is 2.86. The Hall–Kier alpha value is -2.15. The van der Waals surface area contributed by atoms with Crippen molar-refractivity contribution in [1.29, 1.82) is 0 Å². The molecule has 1 atom stereocenters. The number of nitrogens with one attached hydrogen (secondary N) is 1. The number of aryl methyl sites for hydroxylation is 1. The number of hydrogen-bond acceptors (Lipinski definition) is 4. The van der Waals surface area contributed by atoms with Gasteiger partial charge in [-0.05, 0) is 46.6 Å². The lowest BCUT2D eigenvalue weighted by molar-refractivity contribution is 0.0524. The van der Waals surface area contributed by atoms with Gasteiger partial charge in [-0.25, -0.2) is 0 Å². The summed E-state index contributed by atoms with van der Waals surface area (Å²) in [5, 5.41) is 22.0. The largest absolute Gasteiger partial charge is 0.383 e.